The lowest BCUT2D eigenvalue weighted by molar-refractivity contribution is -0.0784. The Morgan fingerprint density at radius 2 is 1.95 bits per heavy atom. The van der Waals surface area contributed by atoms with E-state index in [1.165, 1.54) is 44.9 Å². The second-order valence-corrected chi connectivity index (χ2v) is 9.28. The molecule has 2 bridgehead atoms. The van der Waals surface area contributed by atoms with Crippen molar-refractivity contribution in [2.75, 3.05) is 0 Å². The van der Waals surface area contributed by atoms with Crippen LogP contribution in [0, 0.1) is 34.0 Å². The highest BCUT2D eigenvalue weighted by atomic mass is 14.6. The quantitative estimate of drug-likeness (QED) is 0.491. The second-order valence-electron chi connectivity index (χ2n) is 9.28. The van der Waals surface area contributed by atoms with Gasteiger partial charge in [0.15, 0.2) is 0 Å². The van der Waals surface area contributed by atoms with Crippen molar-refractivity contribution in [3.05, 3.63) is 24.3 Å². The van der Waals surface area contributed by atoms with Crippen molar-refractivity contribution in [3.8, 4) is 0 Å². The number of rotatable bonds is 0. The maximum absolute atomic E-state index is 4.40. The van der Waals surface area contributed by atoms with Gasteiger partial charge in [0.05, 0.1) is 0 Å². The van der Waals surface area contributed by atoms with Gasteiger partial charge in [0.25, 0.3) is 0 Å². The van der Waals surface area contributed by atoms with Crippen LogP contribution in [0.3, 0.4) is 0 Å². The first-order chi connectivity index (χ1) is 9.37. The molecule has 0 nitrogen and oxygen atoms in total. The summed E-state index contributed by atoms with van der Waals surface area (Å²) < 4.78 is 0. The first-order valence-electron chi connectivity index (χ1n) is 8.74. The van der Waals surface area contributed by atoms with Crippen molar-refractivity contribution in [3.63, 3.8) is 0 Å². The highest BCUT2D eigenvalue weighted by Gasteiger charge is 2.60. The molecule has 0 aliphatic heterocycles. The van der Waals surface area contributed by atoms with E-state index in [4.69, 9.17) is 0 Å². The van der Waals surface area contributed by atoms with Crippen LogP contribution in [0.15, 0.2) is 24.3 Å². The average molecular weight is 270 g/mol. The van der Waals surface area contributed by atoms with Crippen LogP contribution in [0.4, 0.5) is 0 Å². The molecule has 4 aliphatic rings. The highest BCUT2D eigenvalue weighted by molar-refractivity contribution is 5.29. The molecular formula is C20H30. The van der Waals surface area contributed by atoms with Gasteiger partial charge in [0.1, 0.15) is 0 Å². The summed E-state index contributed by atoms with van der Waals surface area (Å²) in [7, 11) is 0. The van der Waals surface area contributed by atoms with Crippen LogP contribution in [-0.2, 0) is 0 Å². The highest BCUT2D eigenvalue weighted by Crippen LogP contribution is 2.69. The van der Waals surface area contributed by atoms with Gasteiger partial charge in [-0.3, -0.25) is 0 Å². The SMILES string of the molecule is C=C1C[C@]23C=C[C@H]4C(C)(C)CCC[C@]4(C)[C@H]2CC[C@@H]1C3. The van der Waals surface area contributed by atoms with Crippen molar-refractivity contribution in [2.45, 2.75) is 65.7 Å². The van der Waals surface area contributed by atoms with E-state index in [1.54, 1.807) is 5.57 Å². The molecular weight excluding hydrogens is 240 g/mol. The van der Waals surface area contributed by atoms with Crippen LogP contribution < -0.4 is 0 Å². The van der Waals surface area contributed by atoms with Gasteiger partial charge in [-0.05, 0) is 72.5 Å². The lowest BCUT2D eigenvalue weighted by Crippen LogP contribution is -2.53. The summed E-state index contributed by atoms with van der Waals surface area (Å²) in [5.41, 5.74) is 3.11. The Balaban J connectivity index is 1.81. The van der Waals surface area contributed by atoms with Crippen LogP contribution in [-0.4, -0.2) is 0 Å². The zero-order valence-electron chi connectivity index (χ0n) is 13.5. The molecule has 4 aliphatic carbocycles. The van der Waals surface area contributed by atoms with E-state index in [1.807, 2.05) is 0 Å². The van der Waals surface area contributed by atoms with Gasteiger partial charge in [0.2, 0.25) is 0 Å². The lowest BCUT2D eigenvalue weighted by Gasteiger charge is -2.61. The standard InChI is InChI=1S/C20H30/c1-14-12-20-11-8-16-18(2,3)9-5-10-19(16,4)17(20)7-6-15(14)13-20/h8,11,15-17H,1,5-7,9-10,12-13H2,2-4H3/t15-,16+,17-,19+,20+/m1/s1. The average Bonchev–Trinajstić information content (AvgIpc) is 2.58. The summed E-state index contributed by atoms with van der Waals surface area (Å²) in [5, 5.41) is 0. The van der Waals surface area contributed by atoms with E-state index < -0.39 is 0 Å². The smallest absolute Gasteiger partial charge is 0.00417 e. The maximum atomic E-state index is 4.40. The van der Waals surface area contributed by atoms with Crippen molar-refractivity contribution in [1.29, 1.82) is 0 Å². The molecule has 0 radical (unpaired) electrons. The van der Waals surface area contributed by atoms with Crippen LogP contribution in [0.5, 0.6) is 0 Å². The molecule has 0 saturated heterocycles. The molecule has 0 aromatic rings. The fourth-order valence-corrected chi connectivity index (χ4v) is 6.99. The Hall–Kier alpha value is -0.520. The first-order valence-corrected chi connectivity index (χ1v) is 8.74. The van der Waals surface area contributed by atoms with Crippen LogP contribution in [0.2, 0.25) is 0 Å². The molecule has 0 aromatic carbocycles. The largest absolute Gasteiger partial charge is 0.0995 e. The Labute approximate surface area is 124 Å². The molecule has 20 heavy (non-hydrogen) atoms. The number of allylic oxidation sites excluding steroid dienone is 3. The summed E-state index contributed by atoms with van der Waals surface area (Å²) in [4.78, 5) is 0. The van der Waals surface area contributed by atoms with Crippen LogP contribution in [0.25, 0.3) is 0 Å². The van der Waals surface area contributed by atoms with E-state index in [0.717, 1.165) is 17.8 Å². The van der Waals surface area contributed by atoms with Gasteiger partial charge in [-0.2, -0.15) is 0 Å². The van der Waals surface area contributed by atoms with E-state index in [2.05, 4.69) is 39.5 Å². The third kappa shape index (κ3) is 1.49. The van der Waals surface area contributed by atoms with Crippen LogP contribution in [0.1, 0.15) is 65.7 Å². The van der Waals surface area contributed by atoms with Crippen molar-refractivity contribution in [1.82, 2.24) is 0 Å². The minimum absolute atomic E-state index is 0.498. The fraction of sp³-hybridized carbons (Fsp3) is 0.800. The summed E-state index contributed by atoms with van der Waals surface area (Å²) in [6.45, 7) is 12.1. The number of hydrogen-bond donors (Lipinski definition) is 0. The predicted octanol–water partition coefficient (Wildman–Crippen LogP) is 5.75. The molecule has 1 spiro atoms. The Morgan fingerprint density at radius 1 is 1.15 bits per heavy atom. The van der Waals surface area contributed by atoms with Crippen molar-refractivity contribution < 1.29 is 0 Å². The molecule has 4 rings (SSSR count). The third-order valence-electron chi connectivity index (χ3n) is 7.76. The molecule has 0 aromatic heterocycles. The lowest BCUT2D eigenvalue weighted by atomic mass is 9.43. The normalized spacial score (nSPS) is 52.5. The topological polar surface area (TPSA) is 0 Å². The second kappa shape index (κ2) is 3.81. The third-order valence-corrected chi connectivity index (χ3v) is 7.76. The van der Waals surface area contributed by atoms with Crippen molar-refractivity contribution >= 4 is 0 Å². The minimum Gasteiger partial charge on any atom is -0.0995 e. The molecule has 0 amide bonds. The number of hydrogen-bond acceptors (Lipinski definition) is 0. The monoisotopic (exact) mass is 270 g/mol. The van der Waals surface area contributed by atoms with Gasteiger partial charge < -0.3 is 0 Å². The van der Waals surface area contributed by atoms with E-state index in [0.29, 0.717) is 16.2 Å². The van der Waals surface area contributed by atoms with Gasteiger partial charge in [0, 0.05) is 0 Å². The Bertz CT molecular complexity index is 482. The van der Waals surface area contributed by atoms with Gasteiger partial charge in [-0.1, -0.05) is 51.5 Å². The zero-order valence-corrected chi connectivity index (χ0v) is 13.5. The van der Waals surface area contributed by atoms with Gasteiger partial charge in [-0.15, -0.1) is 0 Å². The van der Waals surface area contributed by atoms with E-state index in [9.17, 15) is 0 Å². The molecule has 5 atom stereocenters. The first kappa shape index (κ1) is 13.2. The van der Waals surface area contributed by atoms with Crippen LogP contribution >= 0.6 is 0 Å². The summed E-state index contributed by atoms with van der Waals surface area (Å²) in [6.07, 6.45) is 15.2. The molecule has 0 N–H and O–H groups in total. The van der Waals surface area contributed by atoms with E-state index >= 15 is 0 Å². The predicted molar refractivity (Wildman–Crippen MR) is 85.4 cm³/mol. The summed E-state index contributed by atoms with van der Waals surface area (Å²) in [5.74, 6) is 2.55. The Morgan fingerprint density at radius 3 is 2.75 bits per heavy atom. The van der Waals surface area contributed by atoms with E-state index in [-0.39, 0.29) is 0 Å². The van der Waals surface area contributed by atoms with Crippen molar-refractivity contribution in [2.24, 2.45) is 34.0 Å². The molecule has 0 heteroatoms. The van der Waals surface area contributed by atoms with Gasteiger partial charge >= 0.3 is 0 Å². The molecule has 3 saturated carbocycles. The fourth-order valence-electron chi connectivity index (χ4n) is 6.99. The molecule has 0 heterocycles. The molecule has 110 valence electrons. The molecule has 0 unspecified atom stereocenters. The maximum Gasteiger partial charge on any atom is -0.00417 e. The minimum atomic E-state index is 0.498. The summed E-state index contributed by atoms with van der Waals surface area (Å²) >= 11 is 0. The zero-order chi connectivity index (χ0) is 14.2. The number of fused-ring (bicyclic) bond motifs is 3. The molecule has 3 fully saturated rings. The Kier molecular flexibility index (Phi) is 2.51. The summed E-state index contributed by atoms with van der Waals surface area (Å²) in [6, 6.07) is 0. The van der Waals surface area contributed by atoms with Gasteiger partial charge in [-0.25, -0.2) is 0 Å².